The maximum atomic E-state index is 12.9. The minimum atomic E-state index is -2.53. The molecule has 1 atom stereocenters. The zero-order valence-electron chi connectivity index (χ0n) is 8.46. The van der Waals surface area contributed by atoms with E-state index in [1.165, 1.54) is 0 Å². The van der Waals surface area contributed by atoms with Crippen LogP contribution in [0.25, 0.3) is 0 Å². The van der Waals surface area contributed by atoms with Gasteiger partial charge in [0.15, 0.2) is 0 Å². The summed E-state index contributed by atoms with van der Waals surface area (Å²) in [5, 5.41) is 8.85. The molecule has 1 saturated heterocycles. The van der Waals surface area contributed by atoms with Crippen LogP contribution in [0.2, 0.25) is 0 Å². The maximum absolute atomic E-state index is 12.9. The first-order valence-electron chi connectivity index (χ1n) is 5.36. The zero-order valence-corrected chi connectivity index (χ0v) is 8.46. The van der Waals surface area contributed by atoms with E-state index in [9.17, 15) is 13.6 Å². The van der Waals surface area contributed by atoms with E-state index < -0.39 is 17.9 Å². The molecule has 1 aliphatic heterocycles. The minimum absolute atomic E-state index is 0. The van der Waals surface area contributed by atoms with Crippen molar-refractivity contribution in [1.82, 2.24) is 4.90 Å². The first-order chi connectivity index (χ1) is 6.99. The second-order valence-electron chi connectivity index (χ2n) is 4.47. The third kappa shape index (κ3) is 2.76. The van der Waals surface area contributed by atoms with Crippen LogP contribution >= 0.6 is 0 Å². The number of carboxylic acid groups (broad SMARTS) is 1. The number of hydrogen-bond acceptors (Lipinski definition) is 2. The van der Waals surface area contributed by atoms with Gasteiger partial charge in [0, 0.05) is 25.4 Å². The summed E-state index contributed by atoms with van der Waals surface area (Å²) in [5.41, 5.74) is 0. The fourth-order valence-electron chi connectivity index (χ4n) is 2.47. The number of aliphatic carboxylic acids is 1. The van der Waals surface area contributed by atoms with Crippen molar-refractivity contribution in [2.24, 2.45) is 0 Å². The number of likely N-dealkylation sites (tertiary alicyclic amines) is 1. The second kappa shape index (κ2) is 5.03. The van der Waals surface area contributed by atoms with E-state index in [4.69, 9.17) is 5.11 Å². The third-order valence-corrected chi connectivity index (χ3v) is 3.50. The molecule has 0 bridgehead atoms. The topological polar surface area (TPSA) is 40.5 Å². The molecule has 16 heavy (non-hydrogen) atoms. The zero-order chi connectivity index (χ0) is 11.1. The molecule has 0 aromatic rings. The first kappa shape index (κ1) is 14.0. The second-order valence-corrected chi connectivity index (χ2v) is 4.47. The number of carboxylic acids is 1. The van der Waals surface area contributed by atoms with Gasteiger partial charge in [-0.15, -0.1) is 0 Å². The van der Waals surface area contributed by atoms with Gasteiger partial charge in [-0.05, 0) is 19.3 Å². The van der Waals surface area contributed by atoms with E-state index in [2.05, 4.69) is 0 Å². The van der Waals surface area contributed by atoms with Crippen LogP contribution in [0.15, 0.2) is 0 Å². The number of halogens is 2. The van der Waals surface area contributed by atoms with Crippen LogP contribution in [-0.4, -0.2) is 59.4 Å². The fraction of sp³-hybridized carbons (Fsp3) is 0.900. The quantitative estimate of drug-likeness (QED) is 0.717. The number of alkyl halides is 2. The molecule has 0 aromatic heterocycles. The van der Waals surface area contributed by atoms with Crippen LogP contribution < -0.4 is 0 Å². The molecule has 1 unspecified atom stereocenters. The molecule has 3 nitrogen and oxygen atoms in total. The molecule has 1 heterocycles. The first-order valence-corrected chi connectivity index (χ1v) is 5.36. The summed E-state index contributed by atoms with van der Waals surface area (Å²) in [7, 11) is 0. The van der Waals surface area contributed by atoms with E-state index in [1.807, 2.05) is 4.90 Å². The number of hydrogen-bond donors (Lipinski definition) is 1. The van der Waals surface area contributed by atoms with E-state index in [-0.39, 0.29) is 37.7 Å². The van der Waals surface area contributed by atoms with Gasteiger partial charge in [-0.1, -0.05) is 0 Å². The molecule has 2 aliphatic rings. The molecule has 88 valence electrons. The predicted octanol–water partition coefficient (Wildman–Crippen LogP) is 1.07. The fourth-order valence-corrected chi connectivity index (χ4v) is 2.47. The van der Waals surface area contributed by atoms with Gasteiger partial charge in [-0.25, -0.2) is 8.78 Å². The van der Waals surface area contributed by atoms with Crippen molar-refractivity contribution in [3.63, 3.8) is 0 Å². The SMILES string of the molecule is O=C(O)C1CCN1C1CCC(F)(F)CC1.[LiH]. The van der Waals surface area contributed by atoms with E-state index >= 15 is 0 Å². The Morgan fingerprint density at radius 2 is 1.81 bits per heavy atom. The van der Waals surface area contributed by atoms with Crippen LogP contribution in [-0.2, 0) is 4.79 Å². The van der Waals surface area contributed by atoms with Crippen molar-refractivity contribution in [3.05, 3.63) is 0 Å². The van der Waals surface area contributed by atoms with Crippen molar-refractivity contribution in [3.8, 4) is 0 Å². The van der Waals surface area contributed by atoms with E-state index in [1.54, 1.807) is 0 Å². The van der Waals surface area contributed by atoms with Gasteiger partial charge in [0.1, 0.15) is 6.04 Å². The number of carbonyl (C=O) groups is 1. The summed E-state index contributed by atoms with van der Waals surface area (Å²) in [6.45, 7) is 0.743. The summed E-state index contributed by atoms with van der Waals surface area (Å²) < 4.78 is 25.8. The Morgan fingerprint density at radius 3 is 2.19 bits per heavy atom. The van der Waals surface area contributed by atoms with Crippen molar-refractivity contribution in [2.45, 2.75) is 50.1 Å². The van der Waals surface area contributed by atoms with Gasteiger partial charge in [0.05, 0.1) is 0 Å². The predicted molar refractivity (Wildman–Crippen MR) is 57.1 cm³/mol. The summed E-state index contributed by atoms with van der Waals surface area (Å²) in [6.07, 6.45) is 1.32. The van der Waals surface area contributed by atoms with Gasteiger partial charge in [0.2, 0.25) is 5.92 Å². The van der Waals surface area contributed by atoms with Crippen LogP contribution in [0.4, 0.5) is 8.78 Å². The Bertz CT molecular complexity index is 266. The molecule has 0 radical (unpaired) electrons. The average molecular weight is 227 g/mol. The van der Waals surface area contributed by atoms with Crippen molar-refractivity contribution in [1.29, 1.82) is 0 Å². The van der Waals surface area contributed by atoms with Crippen LogP contribution in [0, 0.1) is 0 Å². The Hall–Kier alpha value is -0.113. The van der Waals surface area contributed by atoms with Gasteiger partial charge in [0.25, 0.3) is 0 Å². The van der Waals surface area contributed by atoms with Gasteiger partial charge < -0.3 is 5.11 Å². The third-order valence-electron chi connectivity index (χ3n) is 3.50. The van der Waals surface area contributed by atoms with Crippen molar-refractivity contribution >= 4 is 24.8 Å². The number of nitrogens with zero attached hydrogens (tertiary/aromatic N) is 1. The average Bonchev–Trinajstić information content (AvgIpc) is 2.05. The normalized spacial score (nSPS) is 30.2. The standard InChI is InChI=1S/C10H15F2NO2.Li.H/c11-10(12)4-1-7(2-5-10)13-6-3-8(13)9(14)15;;/h7-8H,1-6H2,(H,14,15);;. The molecule has 0 amide bonds. The molecule has 1 saturated carbocycles. The molecule has 0 aromatic carbocycles. The molecular weight excluding hydrogens is 211 g/mol. The van der Waals surface area contributed by atoms with Gasteiger partial charge >= 0.3 is 24.8 Å². The van der Waals surface area contributed by atoms with Crippen LogP contribution in [0.3, 0.4) is 0 Å². The Labute approximate surface area is 105 Å². The Balaban J connectivity index is 0.00000128. The molecule has 2 fully saturated rings. The van der Waals surface area contributed by atoms with Gasteiger partial charge in [-0.3, -0.25) is 9.69 Å². The molecular formula is C10H16F2LiNO2. The number of rotatable bonds is 2. The summed E-state index contributed by atoms with van der Waals surface area (Å²) in [4.78, 5) is 12.6. The molecule has 0 spiro atoms. The molecule has 6 heteroatoms. The molecule has 1 aliphatic carbocycles. The Morgan fingerprint density at radius 1 is 1.25 bits per heavy atom. The monoisotopic (exact) mass is 227 g/mol. The van der Waals surface area contributed by atoms with Gasteiger partial charge in [-0.2, -0.15) is 0 Å². The molecule has 1 N–H and O–H groups in total. The van der Waals surface area contributed by atoms with Crippen molar-refractivity contribution in [2.75, 3.05) is 6.54 Å². The van der Waals surface area contributed by atoms with Crippen LogP contribution in [0.5, 0.6) is 0 Å². The van der Waals surface area contributed by atoms with E-state index in [0.717, 1.165) is 6.54 Å². The van der Waals surface area contributed by atoms with Crippen molar-refractivity contribution < 1.29 is 18.7 Å². The summed E-state index contributed by atoms with van der Waals surface area (Å²) in [5.74, 6) is -3.35. The van der Waals surface area contributed by atoms with Crippen LogP contribution in [0.1, 0.15) is 32.1 Å². The summed E-state index contributed by atoms with van der Waals surface area (Å²) in [6, 6.07) is -0.374. The Kier molecular flexibility index (Phi) is 4.39. The molecule has 2 rings (SSSR count). The van der Waals surface area contributed by atoms with E-state index in [0.29, 0.717) is 19.3 Å². The summed E-state index contributed by atoms with van der Waals surface area (Å²) >= 11 is 0.